The maximum absolute atomic E-state index is 13.3. The van der Waals surface area contributed by atoms with Crippen molar-refractivity contribution in [3.8, 4) is 0 Å². The second kappa shape index (κ2) is 10.2. The number of hydrazine groups is 1. The lowest BCUT2D eigenvalue weighted by Gasteiger charge is -2.13. The number of carbonyl (C=O) groups excluding carboxylic acids is 2. The van der Waals surface area contributed by atoms with Crippen LogP contribution in [0.25, 0.3) is 0 Å². The summed E-state index contributed by atoms with van der Waals surface area (Å²) in [5.74, 6) is -3.03. The number of amides is 1. The van der Waals surface area contributed by atoms with Gasteiger partial charge in [-0.15, -0.1) is 0 Å². The van der Waals surface area contributed by atoms with Gasteiger partial charge in [0.25, 0.3) is 5.91 Å². The Morgan fingerprint density at radius 1 is 1.10 bits per heavy atom. The van der Waals surface area contributed by atoms with Gasteiger partial charge >= 0.3 is 12.1 Å². The SMILES string of the molecule is O=C(NNc1ncc(C(=O)OCc2ccc(Cl)cc2)c(C(F)(F)F)n1)C(Cl)=C(Cl)Cl. The van der Waals surface area contributed by atoms with E-state index in [2.05, 4.69) is 9.97 Å². The van der Waals surface area contributed by atoms with Crippen molar-refractivity contribution in [3.63, 3.8) is 0 Å². The number of esters is 1. The van der Waals surface area contributed by atoms with E-state index in [1.165, 1.54) is 12.1 Å². The summed E-state index contributed by atoms with van der Waals surface area (Å²) in [6, 6.07) is 6.14. The largest absolute Gasteiger partial charge is 0.457 e. The normalized spacial score (nSPS) is 10.9. The van der Waals surface area contributed by atoms with Gasteiger partial charge in [0.15, 0.2) is 5.69 Å². The van der Waals surface area contributed by atoms with Gasteiger partial charge in [0, 0.05) is 11.2 Å². The van der Waals surface area contributed by atoms with Crippen molar-refractivity contribution in [2.45, 2.75) is 12.8 Å². The Morgan fingerprint density at radius 2 is 1.73 bits per heavy atom. The molecule has 1 heterocycles. The van der Waals surface area contributed by atoms with Gasteiger partial charge in [0.1, 0.15) is 21.7 Å². The fraction of sp³-hybridized carbons (Fsp3) is 0.125. The number of hydrogen-bond donors (Lipinski definition) is 2. The van der Waals surface area contributed by atoms with E-state index in [9.17, 15) is 22.8 Å². The predicted octanol–water partition coefficient (Wildman–Crippen LogP) is 4.83. The van der Waals surface area contributed by atoms with Crippen LogP contribution in [0.1, 0.15) is 21.6 Å². The number of nitrogens with zero attached hydrogens (tertiary/aromatic N) is 2. The topological polar surface area (TPSA) is 93.2 Å². The highest BCUT2D eigenvalue weighted by Crippen LogP contribution is 2.31. The number of hydrogen-bond acceptors (Lipinski definition) is 6. The molecular weight excluding hydrogens is 495 g/mol. The summed E-state index contributed by atoms with van der Waals surface area (Å²) in [6.07, 6.45) is -4.42. The van der Waals surface area contributed by atoms with Crippen molar-refractivity contribution in [1.29, 1.82) is 0 Å². The molecule has 0 aliphatic rings. The van der Waals surface area contributed by atoms with Gasteiger partial charge in [-0.3, -0.25) is 15.6 Å². The maximum atomic E-state index is 13.3. The van der Waals surface area contributed by atoms with Gasteiger partial charge in [-0.25, -0.2) is 14.8 Å². The Hall–Kier alpha value is -2.27. The Morgan fingerprint density at radius 3 is 2.30 bits per heavy atom. The third kappa shape index (κ3) is 6.63. The zero-order chi connectivity index (χ0) is 22.5. The van der Waals surface area contributed by atoms with E-state index in [0.717, 1.165) is 0 Å². The lowest BCUT2D eigenvalue weighted by molar-refractivity contribution is -0.141. The number of anilines is 1. The maximum Gasteiger partial charge on any atom is 0.434 e. The highest BCUT2D eigenvalue weighted by molar-refractivity contribution is 6.62. The van der Waals surface area contributed by atoms with E-state index >= 15 is 0 Å². The quantitative estimate of drug-likeness (QED) is 0.333. The van der Waals surface area contributed by atoms with Gasteiger partial charge in [-0.2, -0.15) is 13.2 Å². The third-order valence-electron chi connectivity index (χ3n) is 3.21. The molecule has 0 radical (unpaired) electrons. The van der Waals surface area contributed by atoms with Crippen LogP contribution >= 0.6 is 46.4 Å². The Balaban J connectivity index is 2.17. The highest BCUT2D eigenvalue weighted by Gasteiger charge is 2.38. The number of carbonyl (C=O) groups is 2. The van der Waals surface area contributed by atoms with Gasteiger partial charge < -0.3 is 4.74 Å². The van der Waals surface area contributed by atoms with Crippen LogP contribution in [0.2, 0.25) is 5.02 Å². The molecule has 0 aliphatic heterocycles. The summed E-state index contributed by atoms with van der Waals surface area (Å²) in [7, 11) is 0. The average molecular weight is 504 g/mol. The van der Waals surface area contributed by atoms with Crippen LogP contribution in [0.15, 0.2) is 40.0 Å². The van der Waals surface area contributed by atoms with Crippen molar-refractivity contribution in [1.82, 2.24) is 15.4 Å². The van der Waals surface area contributed by atoms with Crippen LogP contribution in [0.3, 0.4) is 0 Å². The highest BCUT2D eigenvalue weighted by atomic mass is 35.5. The van der Waals surface area contributed by atoms with Crippen LogP contribution < -0.4 is 10.9 Å². The molecule has 2 aromatic rings. The molecular formula is C16H9Cl4F3N4O3. The first-order chi connectivity index (χ1) is 14.0. The molecule has 1 amide bonds. The smallest absolute Gasteiger partial charge is 0.434 e. The fourth-order valence-electron chi connectivity index (χ4n) is 1.87. The first-order valence-corrected chi connectivity index (χ1v) is 9.13. The summed E-state index contributed by atoms with van der Waals surface area (Å²) in [4.78, 5) is 30.4. The summed E-state index contributed by atoms with van der Waals surface area (Å²) in [6.45, 7) is -0.298. The second-order valence-corrected chi connectivity index (χ2v) is 7.07. The van der Waals surface area contributed by atoms with Gasteiger partial charge in [-0.05, 0) is 17.7 Å². The van der Waals surface area contributed by atoms with E-state index in [1.54, 1.807) is 12.1 Å². The Labute approximate surface area is 187 Å². The molecule has 1 aromatic heterocycles. The monoisotopic (exact) mass is 502 g/mol. The molecule has 0 unspecified atom stereocenters. The molecule has 0 fully saturated rings. The minimum Gasteiger partial charge on any atom is -0.457 e. The molecule has 2 rings (SSSR count). The Bertz CT molecular complexity index is 981. The van der Waals surface area contributed by atoms with Crippen molar-refractivity contribution in [2.75, 3.05) is 5.43 Å². The van der Waals surface area contributed by atoms with E-state index in [1.807, 2.05) is 10.9 Å². The van der Waals surface area contributed by atoms with Crippen molar-refractivity contribution < 1.29 is 27.5 Å². The number of halogens is 7. The first-order valence-electron chi connectivity index (χ1n) is 7.62. The summed E-state index contributed by atoms with van der Waals surface area (Å²) < 4.78 is 44.3. The minimum absolute atomic E-state index is 0.298. The number of ether oxygens (including phenoxy) is 1. The molecule has 30 heavy (non-hydrogen) atoms. The molecule has 0 atom stereocenters. The molecule has 160 valence electrons. The molecule has 2 N–H and O–H groups in total. The number of nitrogens with one attached hydrogen (secondary N) is 2. The van der Waals surface area contributed by atoms with Crippen LogP contribution in [-0.2, 0) is 22.3 Å². The molecule has 0 aliphatic carbocycles. The van der Waals surface area contributed by atoms with Crippen LogP contribution in [0.5, 0.6) is 0 Å². The molecule has 0 saturated carbocycles. The molecule has 0 bridgehead atoms. The molecule has 1 aromatic carbocycles. The van der Waals surface area contributed by atoms with E-state index in [-0.39, 0.29) is 6.61 Å². The van der Waals surface area contributed by atoms with Crippen LogP contribution in [0.4, 0.5) is 19.1 Å². The van der Waals surface area contributed by atoms with Crippen LogP contribution in [-0.4, -0.2) is 21.8 Å². The average Bonchev–Trinajstić information content (AvgIpc) is 2.69. The standard InChI is InChI=1S/C16H9Cl4F3N4O3/c17-8-3-1-7(2-4-8)6-30-14(29)9-5-24-15(25-11(9)16(21,22)23)27-26-13(28)10(18)12(19)20/h1-5H,6H2,(H,26,28)(H,24,25,27). The predicted molar refractivity (Wildman–Crippen MR) is 104 cm³/mol. The van der Waals surface area contributed by atoms with E-state index < -0.39 is 44.8 Å². The third-order valence-corrected chi connectivity index (χ3v) is 4.40. The van der Waals surface area contributed by atoms with Crippen molar-refractivity contribution in [2.24, 2.45) is 0 Å². The van der Waals surface area contributed by atoms with Crippen LogP contribution in [0, 0.1) is 0 Å². The lowest BCUT2D eigenvalue weighted by atomic mass is 10.2. The summed E-state index contributed by atoms with van der Waals surface area (Å²) >= 11 is 21.8. The van der Waals surface area contributed by atoms with E-state index in [4.69, 9.17) is 51.1 Å². The number of rotatable bonds is 6. The Kier molecular flexibility index (Phi) is 8.13. The van der Waals surface area contributed by atoms with Gasteiger partial charge in [0.2, 0.25) is 5.95 Å². The van der Waals surface area contributed by atoms with Gasteiger partial charge in [0.05, 0.1) is 0 Å². The first kappa shape index (κ1) is 24.0. The molecule has 14 heteroatoms. The number of alkyl halides is 3. The minimum atomic E-state index is -5.02. The van der Waals surface area contributed by atoms with E-state index in [0.29, 0.717) is 16.8 Å². The molecule has 0 spiro atoms. The summed E-state index contributed by atoms with van der Waals surface area (Å²) in [5.41, 5.74) is 1.90. The molecule has 7 nitrogen and oxygen atoms in total. The molecule has 0 saturated heterocycles. The zero-order valence-corrected chi connectivity index (χ0v) is 17.4. The number of aromatic nitrogens is 2. The van der Waals surface area contributed by atoms with Gasteiger partial charge in [-0.1, -0.05) is 58.5 Å². The number of benzene rings is 1. The second-order valence-electron chi connectivity index (χ2n) is 5.31. The lowest BCUT2D eigenvalue weighted by Crippen LogP contribution is -2.31. The van der Waals surface area contributed by atoms with Crippen molar-refractivity contribution in [3.05, 3.63) is 61.8 Å². The summed E-state index contributed by atoms with van der Waals surface area (Å²) in [5, 5.41) is -0.178. The fourth-order valence-corrected chi connectivity index (χ4v) is 2.21. The zero-order valence-electron chi connectivity index (χ0n) is 14.4. The van der Waals surface area contributed by atoms with Crippen molar-refractivity contribution >= 4 is 64.2 Å².